The number of fused-ring (bicyclic) bond motifs is 12. The largest absolute Gasteiger partial charge is 0.497 e. The van der Waals surface area contributed by atoms with Gasteiger partial charge in [-0.1, -0.05) is 103 Å². The second-order valence-corrected chi connectivity index (χ2v) is 10.4. The van der Waals surface area contributed by atoms with Crippen molar-refractivity contribution in [3.8, 4) is 33.8 Å². The molecule has 0 aromatic heterocycles. The molecule has 0 amide bonds. The molecule has 0 saturated heterocycles. The fourth-order valence-electron chi connectivity index (χ4n) is 6.93. The molecule has 1 spiro atoms. The van der Waals surface area contributed by atoms with E-state index in [0.29, 0.717) is 6.61 Å². The minimum atomic E-state index is -0.405. The number of hydrogen-bond donors (Lipinski definition) is 0. The zero-order chi connectivity index (χ0) is 26.0. The molecule has 0 aliphatic heterocycles. The molecule has 0 fully saturated rings. The first-order valence-electron chi connectivity index (χ1n) is 13.4. The molecular weight excluding hydrogens is 476 g/mol. The molecule has 186 valence electrons. The van der Waals surface area contributed by atoms with E-state index < -0.39 is 5.41 Å². The summed E-state index contributed by atoms with van der Waals surface area (Å²) in [6.07, 6.45) is 0. The van der Waals surface area contributed by atoms with Crippen LogP contribution in [0.2, 0.25) is 0 Å². The molecule has 2 aliphatic carbocycles. The van der Waals surface area contributed by atoms with E-state index in [0.717, 1.165) is 22.4 Å². The van der Waals surface area contributed by atoms with Crippen molar-refractivity contribution in [2.75, 3.05) is 7.11 Å². The standard InChI is InChI=1S/C37H26O2/c1-38-25-19-20-28-30(21-25)35(39-23-24-11-3-2-4-12-24)22-34-36(28)29-15-7-10-18-33(29)37(34)31-16-8-5-13-26(31)27-14-6-9-17-32(27)37/h2-22H,23H2,1H3. The molecule has 2 aliphatic rings. The third-order valence-corrected chi connectivity index (χ3v) is 8.50. The Balaban J connectivity index is 1.48. The fourth-order valence-corrected chi connectivity index (χ4v) is 6.93. The number of benzene rings is 6. The molecular formula is C37H26O2. The van der Waals surface area contributed by atoms with Gasteiger partial charge in [0.1, 0.15) is 18.1 Å². The summed E-state index contributed by atoms with van der Waals surface area (Å²) >= 11 is 0. The lowest BCUT2D eigenvalue weighted by molar-refractivity contribution is 0.309. The first-order valence-corrected chi connectivity index (χ1v) is 13.4. The first-order chi connectivity index (χ1) is 19.3. The van der Waals surface area contributed by atoms with Gasteiger partial charge in [0.2, 0.25) is 0 Å². The summed E-state index contributed by atoms with van der Waals surface area (Å²) < 4.78 is 12.3. The van der Waals surface area contributed by atoms with Crippen molar-refractivity contribution in [3.05, 3.63) is 155 Å². The molecule has 0 radical (unpaired) electrons. The zero-order valence-corrected chi connectivity index (χ0v) is 21.6. The lowest BCUT2D eigenvalue weighted by Gasteiger charge is -2.31. The van der Waals surface area contributed by atoms with E-state index >= 15 is 0 Å². The number of rotatable bonds is 4. The molecule has 2 heteroatoms. The maximum absolute atomic E-state index is 6.65. The molecule has 0 unspecified atom stereocenters. The predicted octanol–water partition coefficient (Wildman–Crippen LogP) is 8.77. The fraction of sp³-hybridized carbons (Fsp3) is 0.0811. The van der Waals surface area contributed by atoms with Crippen molar-refractivity contribution >= 4 is 10.8 Å². The average Bonchev–Trinajstić information content (AvgIpc) is 3.47. The highest BCUT2D eigenvalue weighted by Gasteiger charge is 2.52. The molecule has 6 aromatic carbocycles. The van der Waals surface area contributed by atoms with Gasteiger partial charge in [0.05, 0.1) is 12.5 Å². The van der Waals surface area contributed by atoms with E-state index in [1.165, 1.54) is 49.9 Å². The highest BCUT2D eigenvalue weighted by atomic mass is 16.5. The van der Waals surface area contributed by atoms with Crippen molar-refractivity contribution < 1.29 is 9.47 Å². The van der Waals surface area contributed by atoms with Crippen molar-refractivity contribution in [3.63, 3.8) is 0 Å². The maximum atomic E-state index is 6.65. The van der Waals surface area contributed by atoms with E-state index in [4.69, 9.17) is 9.47 Å². The lowest BCUT2D eigenvalue weighted by Crippen LogP contribution is -2.25. The summed E-state index contributed by atoms with van der Waals surface area (Å²) in [5.41, 5.74) is 11.2. The Labute approximate surface area is 228 Å². The summed E-state index contributed by atoms with van der Waals surface area (Å²) in [6, 6.07) is 45.8. The molecule has 2 nitrogen and oxygen atoms in total. The molecule has 0 N–H and O–H groups in total. The maximum Gasteiger partial charge on any atom is 0.128 e. The Kier molecular flexibility index (Phi) is 4.75. The summed E-state index contributed by atoms with van der Waals surface area (Å²) in [5, 5.41) is 2.25. The summed E-state index contributed by atoms with van der Waals surface area (Å²) in [5.74, 6) is 1.70. The van der Waals surface area contributed by atoms with Crippen molar-refractivity contribution in [1.82, 2.24) is 0 Å². The van der Waals surface area contributed by atoms with Gasteiger partial charge in [-0.3, -0.25) is 0 Å². The van der Waals surface area contributed by atoms with Crippen LogP contribution in [0.25, 0.3) is 33.0 Å². The van der Waals surface area contributed by atoms with E-state index in [1.54, 1.807) is 7.11 Å². The summed E-state index contributed by atoms with van der Waals surface area (Å²) in [4.78, 5) is 0. The van der Waals surface area contributed by atoms with E-state index in [2.05, 4.69) is 121 Å². The lowest BCUT2D eigenvalue weighted by atomic mass is 9.70. The van der Waals surface area contributed by atoms with Crippen LogP contribution in [0.1, 0.15) is 27.8 Å². The van der Waals surface area contributed by atoms with Gasteiger partial charge in [0.15, 0.2) is 0 Å². The van der Waals surface area contributed by atoms with Crippen LogP contribution in [0.5, 0.6) is 11.5 Å². The van der Waals surface area contributed by atoms with E-state index in [1.807, 2.05) is 6.07 Å². The van der Waals surface area contributed by atoms with Gasteiger partial charge in [-0.2, -0.15) is 0 Å². The Bertz CT molecular complexity index is 1860. The molecule has 39 heavy (non-hydrogen) atoms. The van der Waals surface area contributed by atoms with Gasteiger partial charge >= 0.3 is 0 Å². The highest BCUT2D eigenvalue weighted by molar-refractivity contribution is 6.08. The Hall–Kier alpha value is -4.82. The molecule has 0 heterocycles. The van der Waals surface area contributed by atoms with Crippen molar-refractivity contribution in [2.45, 2.75) is 12.0 Å². The van der Waals surface area contributed by atoms with Crippen LogP contribution < -0.4 is 9.47 Å². The molecule has 0 atom stereocenters. The first kappa shape index (κ1) is 22.2. The zero-order valence-electron chi connectivity index (χ0n) is 21.6. The van der Waals surface area contributed by atoms with Crippen LogP contribution in [-0.2, 0) is 12.0 Å². The predicted molar refractivity (Wildman–Crippen MR) is 158 cm³/mol. The van der Waals surface area contributed by atoms with Gasteiger partial charge in [-0.05, 0) is 79.7 Å². The van der Waals surface area contributed by atoms with Crippen molar-refractivity contribution in [2.24, 2.45) is 0 Å². The third-order valence-electron chi connectivity index (χ3n) is 8.50. The second-order valence-electron chi connectivity index (χ2n) is 10.4. The van der Waals surface area contributed by atoms with Crippen molar-refractivity contribution in [1.29, 1.82) is 0 Å². The van der Waals surface area contributed by atoms with Gasteiger partial charge in [0.25, 0.3) is 0 Å². The van der Waals surface area contributed by atoms with Crippen LogP contribution >= 0.6 is 0 Å². The Morgan fingerprint density at radius 2 is 1.13 bits per heavy atom. The van der Waals surface area contributed by atoms with Crippen LogP contribution in [0, 0.1) is 0 Å². The topological polar surface area (TPSA) is 18.5 Å². The molecule has 0 bridgehead atoms. The van der Waals surface area contributed by atoms with Crippen LogP contribution in [0.4, 0.5) is 0 Å². The molecule has 8 rings (SSSR count). The smallest absolute Gasteiger partial charge is 0.128 e. The Morgan fingerprint density at radius 3 is 1.79 bits per heavy atom. The monoisotopic (exact) mass is 502 g/mol. The van der Waals surface area contributed by atoms with Gasteiger partial charge < -0.3 is 9.47 Å². The van der Waals surface area contributed by atoms with Gasteiger partial charge in [-0.15, -0.1) is 0 Å². The van der Waals surface area contributed by atoms with Crippen LogP contribution in [0.3, 0.4) is 0 Å². The minimum absolute atomic E-state index is 0.405. The normalized spacial score (nSPS) is 13.6. The number of hydrogen-bond acceptors (Lipinski definition) is 2. The van der Waals surface area contributed by atoms with Crippen LogP contribution in [0.15, 0.2) is 127 Å². The Morgan fingerprint density at radius 1 is 0.538 bits per heavy atom. The number of ether oxygens (including phenoxy) is 2. The quantitative estimate of drug-likeness (QED) is 0.239. The third kappa shape index (κ3) is 2.97. The van der Waals surface area contributed by atoms with Gasteiger partial charge in [0, 0.05) is 5.39 Å². The van der Waals surface area contributed by atoms with E-state index in [9.17, 15) is 0 Å². The van der Waals surface area contributed by atoms with Gasteiger partial charge in [-0.25, -0.2) is 0 Å². The summed E-state index contributed by atoms with van der Waals surface area (Å²) in [6.45, 7) is 0.499. The van der Waals surface area contributed by atoms with E-state index in [-0.39, 0.29) is 0 Å². The molecule has 6 aromatic rings. The highest BCUT2D eigenvalue weighted by Crippen LogP contribution is 2.64. The second kappa shape index (κ2) is 8.34. The summed E-state index contributed by atoms with van der Waals surface area (Å²) in [7, 11) is 1.72. The van der Waals surface area contributed by atoms with Crippen LogP contribution in [-0.4, -0.2) is 7.11 Å². The SMILES string of the molecule is COc1ccc2c3c(cc(OCc4ccccc4)c2c1)C1(c2ccccc2-c2ccccc21)c1ccccc1-3. The average molecular weight is 503 g/mol. The molecule has 0 saturated carbocycles. The number of methoxy groups -OCH3 is 1. The minimum Gasteiger partial charge on any atom is -0.497 e.